The predicted molar refractivity (Wildman–Crippen MR) is 188 cm³/mol. The highest BCUT2D eigenvalue weighted by Gasteiger charge is 2.40. The molecule has 4 aromatic rings. The average molecular weight is 666 g/mol. The Morgan fingerprint density at radius 1 is 1.02 bits per heavy atom. The van der Waals surface area contributed by atoms with Gasteiger partial charge in [-0.1, -0.05) is 6.92 Å². The second-order valence-corrected chi connectivity index (χ2v) is 14.7. The van der Waals surface area contributed by atoms with Crippen LogP contribution in [0.4, 0.5) is 10.6 Å². The Balaban J connectivity index is 1.20. The zero-order valence-corrected chi connectivity index (χ0v) is 29.4. The second-order valence-electron chi connectivity index (χ2n) is 14.7. The molecule has 0 saturated carbocycles. The molecule has 2 fully saturated rings. The number of carbonyl (C=O) groups excluding carboxylic acids is 2. The number of piperidine rings is 2. The van der Waals surface area contributed by atoms with Crippen molar-refractivity contribution in [1.29, 1.82) is 5.26 Å². The molecule has 12 heteroatoms. The highest BCUT2D eigenvalue weighted by atomic mass is 16.6. The Morgan fingerprint density at radius 2 is 1.76 bits per heavy atom. The van der Waals surface area contributed by atoms with Crippen molar-refractivity contribution in [2.24, 2.45) is 5.41 Å². The van der Waals surface area contributed by atoms with E-state index in [1.807, 2.05) is 76.2 Å². The molecular weight excluding hydrogens is 618 g/mol. The number of aromatic nitrogens is 5. The van der Waals surface area contributed by atoms with Crippen LogP contribution >= 0.6 is 0 Å². The van der Waals surface area contributed by atoms with Gasteiger partial charge in [0.05, 0.1) is 34.9 Å². The molecule has 2 aliphatic rings. The number of hydrogen-bond acceptors (Lipinski definition) is 8. The van der Waals surface area contributed by atoms with Crippen molar-refractivity contribution in [2.75, 3.05) is 31.1 Å². The van der Waals surface area contributed by atoms with E-state index in [0.717, 1.165) is 78.8 Å². The summed E-state index contributed by atoms with van der Waals surface area (Å²) in [5.41, 5.74) is 3.95. The number of rotatable bonds is 7. The minimum atomic E-state index is -0.519. The maximum Gasteiger partial charge on any atom is 0.410 e. The van der Waals surface area contributed by atoms with E-state index < -0.39 is 5.60 Å². The molecule has 2 saturated heterocycles. The molecule has 6 heterocycles. The first-order chi connectivity index (χ1) is 23.4. The van der Waals surface area contributed by atoms with Crippen LogP contribution in [0.1, 0.15) is 85.3 Å². The molecule has 2 aliphatic heterocycles. The highest BCUT2D eigenvalue weighted by molar-refractivity contribution is 5.87. The molecule has 4 aromatic heterocycles. The van der Waals surface area contributed by atoms with E-state index >= 15 is 0 Å². The summed E-state index contributed by atoms with van der Waals surface area (Å²) in [6.45, 7) is 14.5. The van der Waals surface area contributed by atoms with Crippen LogP contribution in [0.2, 0.25) is 0 Å². The molecule has 0 spiro atoms. The fraction of sp³-hybridized carbons (Fsp3) is 0.514. The third kappa shape index (κ3) is 7.12. The smallest absolute Gasteiger partial charge is 0.410 e. The Labute approximate surface area is 288 Å². The van der Waals surface area contributed by atoms with Crippen LogP contribution in [0, 0.1) is 16.7 Å². The van der Waals surface area contributed by atoms with Crippen LogP contribution < -0.4 is 10.2 Å². The number of hydrogen-bond donors (Lipinski definition) is 1. The normalized spacial score (nSPS) is 16.9. The minimum Gasteiger partial charge on any atom is -0.444 e. The van der Waals surface area contributed by atoms with Gasteiger partial charge < -0.3 is 19.9 Å². The topological polar surface area (TPSA) is 134 Å². The predicted octanol–water partition coefficient (Wildman–Crippen LogP) is 6.22. The first-order valence-electron chi connectivity index (χ1n) is 17.4. The van der Waals surface area contributed by atoms with Crippen LogP contribution in [0.5, 0.6) is 0 Å². The third-order valence-electron chi connectivity index (χ3n) is 9.84. The Bertz CT molecular complexity index is 1850. The molecule has 1 N–H and O–H groups in total. The summed E-state index contributed by atoms with van der Waals surface area (Å²) in [6.07, 6.45) is 13.0. The molecule has 258 valence electrons. The molecule has 0 unspecified atom stereocenters. The number of likely N-dealkylation sites (tertiary alicyclic amines) is 1. The molecule has 12 nitrogen and oxygen atoms in total. The highest BCUT2D eigenvalue weighted by Crippen LogP contribution is 2.38. The number of anilines is 1. The van der Waals surface area contributed by atoms with E-state index in [4.69, 9.17) is 14.8 Å². The second kappa shape index (κ2) is 13.5. The molecular formula is C37H47N9O3. The summed E-state index contributed by atoms with van der Waals surface area (Å²) in [5.74, 6) is 1.03. The molecule has 0 radical (unpaired) electrons. The minimum absolute atomic E-state index is 0.122. The Hall–Kier alpha value is -4.92. The summed E-state index contributed by atoms with van der Waals surface area (Å²) >= 11 is 0. The number of pyridine rings is 2. The van der Waals surface area contributed by atoms with Crippen LogP contribution in [0.25, 0.3) is 27.8 Å². The van der Waals surface area contributed by atoms with Gasteiger partial charge in [0.2, 0.25) is 5.91 Å². The van der Waals surface area contributed by atoms with Crippen molar-refractivity contribution in [3.8, 4) is 28.3 Å². The molecule has 2 amide bonds. The van der Waals surface area contributed by atoms with Crippen molar-refractivity contribution < 1.29 is 14.3 Å². The fourth-order valence-electron chi connectivity index (χ4n) is 6.96. The van der Waals surface area contributed by atoms with Crippen LogP contribution in [-0.2, 0) is 9.53 Å². The number of amides is 2. The van der Waals surface area contributed by atoms with Gasteiger partial charge in [0, 0.05) is 73.1 Å². The number of nitrogens with one attached hydrogen (secondary N) is 1. The quantitative estimate of drug-likeness (QED) is 0.246. The Kier molecular flexibility index (Phi) is 9.38. The lowest BCUT2D eigenvalue weighted by atomic mass is 9.75. The van der Waals surface area contributed by atoms with Gasteiger partial charge in [-0.05, 0) is 84.9 Å². The first kappa shape index (κ1) is 34.0. The Morgan fingerprint density at radius 3 is 2.37 bits per heavy atom. The largest absolute Gasteiger partial charge is 0.444 e. The monoisotopic (exact) mass is 665 g/mol. The summed E-state index contributed by atoms with van der Waals surface area (Å²) in [7, 11) is 0. The van der Waals surface area contributed by atoms with Gasteiger partial charge in [-0.3, -0.25) is 9.48 Å². The van der Waals surface area contributed by atoms with Crippen LogP contribution in [-0.4, -0.2) is 79.1 Å². The van der Waals surface area contributed by atoms with Crippen molar-refractivity contribution >= 4 is 23.3 Å². The van der Waals surface area contributed by atoms with Gasteiger partial charge in [-0.2, -0.15) is 15.5 Å². The molecule has 0 atom stereocenters. The van der Waals surface area contributed by atoms with Gasteiger partial charge in [0.25, 0.3) is 0 Å². The van der Waals surface area contributed by atoms with Gasteiger partial charge in [-0.15, -0.1) is 0 Å². The molecule has 49 heavy (non-hydrogen) atoms. The number of nitriles is 1. The zero-order valence-electron chi connectivity index (χ0n) is 29.4. The number of ether oxygens (including phenoxy) is 1. The van der Waals surface area contributed by atoms with Crippen LogP contribution in [0.3, 0.4) is 0 Å². The van der Waals surface area contributed by atoms with E-state index in [2.05, 4.69) is 34.4 Å². The van der Waals surface area contributed by atoms with Crippen molar-refractivity contribution in [2.45, 2.75) is 91.3 Å². The van der Waals surface area contributed by atoms with E-state index in [1.54, 1.807) is 15.6 Å². The number of fused-ring (bicyclic) bond motifs is 1. The summed E-state index contributed by atoms with van der Waals surface area (Å²) in [5, 5.41) is 22.2. The first-order valence-corrected chi connectivity index (χ1v) is 17.4. The summed E-state index contributed by atoms with van der Waals surface area (Å²) < 4.78 is 9.30. The average Bonchev–Trinajstić information content (AvgIpc) is 3.75. The maximum absolute atomic E-state index is 13.0. The maximum atomic E-state index is 13.0. The van der Waals surface area contributed by atoms with Crippen molar-refractivity contribution in [3.63, 3.8) is 0 Å². The van der Waals surface area contributed by atoms with Crippen molar-refractivity contribution in [3.05, 3.63) is 54.7 Å². The van der Waals surface area contributed by atoms with Gasteiger partial charge >= 0.3 is 6.09 Å². The standard InChI is InChI=1S/C37H47N9O3/c1-7-37(34(47)42-25(2)3)12-16-43(17-13-37)32-9-8-26(20-39-32)31-18-27(23-46-33(31)28(19-38)21-41-46)29-22-40-45(24-29)30-10-14-44(15-11-30)35(48)49-36(4,5)6/h8-9,18,20-25,30H,7,10-17H2,1-6H3,(H,42,47). The van der Waals surface area contributed by atoms with E-state index in [1.165, 1.54) is 0 Å². The SMILES string of the molecule is CCC1(C(=O)NC(C)C)CCN(c2ccc(-c3cc(-c4cnn(C5CCN(C(=O)OC(C)(C)C)CC5)c4)cn4ncc(C#N)c34)cn2)CC1. The molecule has 0 aromatic carbocycles. The van der Waals surface area contributed by atoms with E-state index in [9.17, 15) is 14.9 Å². The molecule has 0 bridgehead atoms. The number of carbonyl (C=O) groups is 2. The van der Waals surface area contributed by atoms with Gasteiger partial charge in [-0.25, -0.2) is 14.3 Å². The lowest BCUT2D eigenvalue weighted by molar-refractivity contribution is -0.133. The van der Waals surface area contributed by atoms with Gasteiger partial charge in [0.15, 0.2) is 0 Å². The summed E-state index contributed by atoms with van der Waals surface area (Å²) in [4.78, 5) is 34.4. The lowest BCUT2D eigenvalue weighted by Gasteiger charge is -2.41. The zero-order chi connectivity index (χ0) is 34.9. The summed E-state index contributed by atoms with van der Waals surface area (Å²) in [6, 6.07) is 8.73. The fourth-order valence-corrected chi connectivity index (χ4v) is 6.96. The van der Waals surface area contributed by atoms with Crippen LogP contribution in [0.15, 0.2) is 49.2 Å². The van der Waals surface area contributed by atoms with E-state index in [-0.39, 0.29) is 29.5 Å². The molecule has 0 aliphatic carbocycles. The van der Waals surface area contributed by atoms with E-state index in [0.29, 0.717) is 18.7 Å². The van der Waals surface area contributed by atoms with Gasteiger partial charge in [0.1, 0.15) is 17.5 Å². The number of nitrogens with zero attached hydrogens (tertiary/aromatic N) is 8. The molecule has 6 rings (SSSR count). The van der Waals surface area contributed by atoms with Crippen molar-refractivity contribution in [1.82, 2.24) is 34.6 Å². The lowest BCUT2D eigenvalue weighted by Crippen LogP contribution is -2.50. The third-order valence-corrected chi connectivity index (χ3v) is 9.84.